The van der Waals surface area contributed by atoms with Gasteiger partial charge in [-0.2, -0.15) is 0 Å². The van der Waals surface area contributed by atoms with Crippen LogP contribution in [0, 0.1) is 0 Å². The van der Waals surface area contributed by atoms with Crippen LogP contribution in [0.2, 0.25) is 0 Å². The normalized spacial score (nSPS) is 15.9. The van der Waals surface area contributed by atoms with Gasteiger partial charge < -0.3 is 15.8 Å². The maximum Gasteiger partial charge on any atom is 0.253 e. The molecular formula is C22H26N2O3. The van der Waals surface area contributed by atoms with Gasteiger partial charge in [-0.3, -0.25) is 9.59 Å². The highest BCUT2D eigenvalue weighted by atomic mass is 16.5. The van der Waals surface area contributed by atoms with Gasteiger partial charge >= 0.3 is 0 Å². The lowest BCUT2D eigenvalue weighted by Gasteiger charge is -2.26. The van der Waals surface area contributed by atoms with Gasteiger partial charge in [-0.05, 0) is 36.5 Å². The highest BCUT2D eigenvalue weighted by molar-refractivity contribution is 6.02. The third-order valence-corrected chi connectivity index (χ3v) is 5.23. The van der Waals surface area contributed by atoms with Crippen molar-refractivity contribution in [2.45, 2.75) is 44.2 Å². The summed E-state index contributed by atoms with van der Waals surface area (Å²) in [6, 6.07) is 14.7. The number of carbonyl (C=O) groups excluding carboxylic acids is 2. The van der Waals surface area contributed by atoms with Crippen molar-refractivity contribution in [3.8, 4) is 0 Å². The number of primary amides is 1. The lowest BCUT2D eigenvalue weighted by molar-refractivity contribution is 0.0574. The molecule has 1 fully saturated rings. The fourth-order valence-electron chi connectivity index (χ4n) is 3.91. The first-order valence-corrected chi connectivity index (χ1v) is 9.43. The maximum atomic E-state index is 13.1. The van der Waals surface area contributed by atoms with E-state index in [4.69, 9.17) is 10.5 Å². The molecule has 0 heterocycles. The predicted molar refractivity (Wildman–Crippen MR) is 104 cm³/mol. The van der Waals surface area contributed by atoms with Crippen LogP contribution in [0.5, 0.6) is 0 Å². The van der Waals surface area contributed by atoms with E-state index in [0.717, 1.165) is 36.8 Å². The average molecular weight is 366 g/mol. The molecule has 0 saturated heterocycles. The number of benzene rings is 2. The Morgan fingerprint density at radius 3 is 2.30 bits per heavy atom. The van der Waals surface area contributed by atoms with Crippen LogP contribution in [0.3, 0.4) is 0 Å². The lowest BCUT2D eigenvalue weighted by Crippen LogP contribution is -2.31. The first kappa shape index (κ1) is 19.1. The van der Waals surface area contributed by atoms with Gasteiger partial charge in [0.25, 0.3) is 5.91 Å². The molecule has 1 aliphatic carbocycles. The number of rotatable bonds is 6. The van der Waals surface area contributed by atoms with Crippen LogP contribution < -0.4 is 11.1 Å². The molecule has 2 aromatic rings. The largest absolute Gasteiger partial charge is 0.366 e. The van der Waals surface area contributed by atoms with Crippen LogP contribution in [0.1, 0.15) is 76.1 Å². The Balaban J connectivity index is 1.93. The number of carbonyl (C=O) groups is 2. The fourth-order valence-corrected chi connectivity index (χ4v) is 3.91. The minimum absolute atomic E-state index is 0.181. The van der Waals surface area contributed by atoms with Gasteiger partial charge in [0.2, 0.25) is 5.91 Å². The summed E-state index contributed by atoms with van der Waals surface area (Å²) in [6.45, 7) is 0. The number of hydrogen-bond acceptors (Lipinski definition) is 3. The van der Waals surface area contributed by atoms with Gasteiger partial charge in [0, 0.05) is 23.8 Å². The van der Waals surface area contributed by atoms with Crippen molar-refractivity contribution in [2.75, 3.05) is 7.11 Å². The Kier molecular flexibility index (Phi) is 6.24. The first-order chi connectivity index (χ1) is 13.1. The Bertz CT molecular complexity index is 798. The van der Waals surface area contributed by atoms with Gasteiger partial charge in [0.05, 0.1) is 0 Å². The molecule has 0 aliphatic heterocycles. The molecule has 0 spiro atoms. The molecule has 5 nitrogen and oxygen atoms in total. The molecule has 3 N–H and O–H groups in total. The van der Waals surface area contributed by atoms with Crippen LogP contribution >= 0.6 is 0 Å². The summed E-state index contributed by atoms with van der Waals surface area (Å²) in [5.41, 5.74) is 8.21. The van der Waals surface area contributed by atoms with Crippen molar-refractivity contribution in [3.05, 3.63) is 70.8 Å². The molecule has 2 amide bonds. The second-order valence-electron chi connectivity index (χ2n) is 6.97. The van der Waals surface area contributed by atoms with Gasteiger partial charge in [-0.15, -0.1) is 0 Å². The van der Waals surface area contributed by atoms with Crippen molar-refractivity contribution in [1.29, 1.82) is 0 Å². The van der Waals surface area contributed by atoms with Crippen LogP contribution in [-0.4, -0.2) is 18.9 Å². The van der Waals surface area contributed by atoms with E-state index in [2.05, 4.69) is 5.32 Å². The molecule has 142 valence electrons. The topological polar surface area (TPSA) is 81.4 Å². The third kappa shape index (κ3) is 4.37. The first-order valence-electron chi connectivity index (χ1n) is 9.43. The molecule has 5 heteroatoms. The summed E-state index contributed by atoms with van der Waals surface area (Å²) in [7, 11) is 1.56. The van der Waals surface area contributed by atoms with Crippen LogP contribution in [0.4, 0.5) is 0 Å². The summed E-state index contributed by atoms with van der Waals surface area (Å²) < 4.78 is 5.47. The molecule has 1 unspecified atom stereocenters. The quantitative estimate of drug-likeness (QED) is 0.761. The average Bonchev–Trinajstić information content (AvgIpc) is 2.72. The van der Waals surface area contributed by atoms with Gasteiger partial charge in [-0.1, -0.05) is 55.7 Å². The van der Waals surface area contributed by atoms with Crippen molar-refractivity contribution in [2.24, 2.45) is 5.73 Å². The van der Waals surface area contributed by atoms with E-state index in [1.165, 1.54) is 6.42 Å². The van der Waals surface area contributed by atoms with Crippen molar-refractivity contribution in [3.63, 3.8) is 0 Å². The summed E-state index contributed by atoms with van der Waals surface area (Å²) in [4.78, 5) is 25.1. The minimum atomic E-state index is -0.560. The van der Waals surface area contributed by atoms with Gasteiger partial charge in [0.1, 0.15) is 0 Å². The summed E-state index contributed by atoms with van der Waals surface area (Å²) in [5.74, 6) is -0.563. The summed E-state index contributed by atoms with van der Waals surface area (Å²) >= 11 is 0. The van der Waals surface area contributed by atoms with E-state index in [9.17, 15) is 9.59 Å². The molecule has 27 heavy (non-hydrogen) atoms. The smallest absolute Gasteiger partial charge is 0.253 e. The second-order valence-corrected chi connectivity index (χ2v) is 6.97. The lowest BCUT2D eigenvalue weighted by atomic mass is 9.79. The number of methoxy groups -OCH3 is 1. The van der Waals surface area contributed by atoms with Crippen LogP contribution in [0.25, 0.3) is 0 Å². The van der Waals surface area contributed by atoms with Crippen LogP contribution in [0.15, 0.2) is 48.5 Å². The third-order valence-electron chi connectivity index (χ3n) is 5.23. The number of nitrogens with one attached hydrogen (secondary N) is 1. The zero-order valence-corrected chi connectivity index (χ0v) is 15.6. The highest BCUT2D eigenvalue weighted by Crippen LogP contribution is 2.36. The van der Waals surface area contributed by atoms with E-state index < -0.39 is 12.1 Å². The van der Waals surface area contributed by atoms with Crippen molar-refractivity contribution >= 4 is 11.8 Å². The van der Waals surface area contributed by atoms with E-state index in [1.807, 2.05) is 30.3 Å². The molecular weight excluding hydrogens is 340 g/mol. The molecule has 0 aromatic heterocycles. The number of ether oxygens (including phenoxy) is 1. The Morgan fingerprint density at radius 2 is 1.67 bits per heavy atom. The SMILES string of the molecule is COC(NC(=O)c1cccc(C(N)=O)c1C1CCCCC1)c1ccccc1. The van der Waals surface area contributed by atoms with E-state index in [1.54, 1.807) is 25.3 Å². The summed E-state index contributed by atoms with van der Waals surface area (Å²) in [6.07, 6.45) is 4.77. The molecule has 2 aromatic carbocycles. The minimum Gasteiger partial charge on any atom is -0.366 e. The van der Waals surface area contributed by atoms with Gasteiger partial charge in [-0.25, -0.2) is 0 Å². The van der Waals surface area contributed by atoms with Crippen molar-refractivity contribution < 1.29 is 14.3 Å². The number of amides is 2. The Hall–Kier alpha value is -2.66. The summed E-state index contributed by atoms with van der Waals surface area (Å²) in [5, 5.41) is 2.93. The molecule has 1 saturated carbocycles. The van der Waals surface area contributed by atoms with Crippen LogP contribution in [-0.2, 0) is 4.74 Å². The van der Waals surface area contributed by atoms with Gasteiger partial charge in [0.15, 0.2) is 6.23 Å². The zero-order valence-electron chi connectivity index (χ0n) is 15.6. The predicted octanol–water partition coefficient (Wildman–Crippen LogP) is 3.91. The van der Waals surface area contributed by atoms with E-state index >= 15 is 0 Å². The zero-order chi connectivity index (χ0) is 19.2. The fraction of sp³-hybridized carbons (Fsp3) is 0.364. The standard InChI is InChI=1S/C22H26N2O3/c1-27-22(16-11-6-3-7-12-16)24-21(26)18-14-8-13-17(20(23)25)19(18)15-9-4-2-5-10-15/h3,6-8,11-15,22H,2,4-5,9-10H2,1H3,(H2,23,25)(H,24,26). The van der Waals surface area contributed by atoms with E-state index in [0.29, 0.717) is 11.1 Å². The second kappa shape index (κ2) is 8.82. The molecule has 1 atom stereocenters. The number of nitrogens with two attached hydrogens (primary N) is 1. The maximum absolute atomic E-state index is 13.1. The molecule has 3 rings (SSSR count). The van der Waals surface area contributed by atoms with Crippen molar-refractivity contribution in [1.82, 2.24) is 5.32 Å². The molecule has 1 aliphatic rings. The molecule has 0 radical (unpaired) electrons. The monoisotopic (exact) mass is 366 g/mol. The highest BCUT2D eigenvalue weighted by Gasteiger charge is 2.27. The Morgan fingerprint density at radius 1 is 1.00 bits per heavy atom. The van der Waals surface area contributed by atoms with E-state index in [-0.39, 0.29) is 11.8 Å². The Labute approximate surface area is 159 Å². The molecule has 0 bridgehead atoms. The number of hydrogen-bond donors (Lipinski definition) is 2.